The minimum atomic E-state index is -3.62. The highest BCUT2D eigenvalue weighted by molar-refractivity contribution is 7.89. The van der Waals surface area contributed by atoms with Crippen LogP contribution in [0.4, 0.5) is 0 Å². The molecule has 0 spiro atoms. The van der Waals surface area contributed by atoms with E-state index < -0.39 is 10.0 Å². The van der Waals surface area contributed by atoms with Crippen molar-refractivity contribution < 1.29 is 17.9 Å². The number of carbonyl (C=O) groups is 1. The van der Waals surface area contributed by atoms with Gasteiger partial charge in [0.15, 0.2) is 0 Å². The van der Waals surface area contributed by atoms with Gasteiger partial charge in [-0.05, 0) is 54.8 Å². The zero-order chi connectivity index (χ0) is 22.3. The Labute approximate surface area is 185 Å². The van der Waals surface area contributed by atoms with Crippen LogP contribution in [0.1, 0.15) is 61.4 Å². The molecule has 2 aromatic carbocycles. The number of benzene rings is 2. The van der Waals surface area contributed by atoms with Crippen molar-refractivity contribution in [3.8, 4) is 5.75 Å². The van der Waals surface area contributed by atoms with Crippen molar-refractivity contribution in [2.45, 2.75) is 62.9 Å². The van der Waals surface area contributed by atoms with Crippen LogP contribution in [0.5, 0.6) is 5.75 Å². The molecule has 168 valence electrons. The number of methoxy groups -OCH3 is 1. The van der Waals surface area contributed by atoms with Gasteiger partial charge in [-0.15, -0.1) is 0 Å². The van der Waals surface area contributed by atoms with E-state index in [9.17, 15) is 13.2 Å². The fraction of sp³-hybridized carbons (Fsp3) is 0.458. The average Bonchev–Trinajstić information content (AvgIpc) is 3.06. The predicted molar refractivity (Wildman–Crippen MR) is 122 cm³/mol. The fourth-order valence-corrected chi connectivity index (χ4v) is 5.36. The van der Waals surface area contributed by atoms with E-state index in [0.29, 0.717) is 17.9 Å². The van der Waals surface area contributed by atoms with E-state index in [-0.39, 0.29) is 23.4 Å². The molecule has 31 heavy (non-hydrogen) atoms. The van der Waals surface area contributed by atoms with Gasteiger partial charge in [0.2, 0.25) is 10.0 Å². The lowest BCUT2D eigenvalue weighted by atomic mass is 10.1. The largest absolute Gasteiger partial charge is 0.497 e. The first-order chi connectivity index (χ1) is 14.9. The van der Waals surface area contributed by atoms with Crippen molar-refractivity contribution in [3.05, 3.63) is 59.7 Å². The Morgan fingerprint density at radius 1 is 1.00 bits per heavy atom. The van der Waals surface area contributed by atoms with Gasteiger partial charge in [-0.1, -0.05) is 44.7 Å². The lowest BCUT2D eigenvalue weighted by Gasteiger charge is -2.21. The first-order valence-corrected chi connectivity index (χ1v) is 12.4. The summed E-state index contributed by atoms with van der Waals surface area (Å²) in [7, 11) is -2.08. The van der Waals surface area contributed by atoms with Gasteiger partial charge in [-0.2, -0.15) is 4.31 Å². The summed E-state index contributed by atoms with van der Waals surface area (Å²) >= 11 is 0. The Balaban J connectivity index is 1.66. The molecule has 0 aromatic heterocycles. The Morgan fingerprint density at radius 3 is 2.16 bits per heavy atom. The molecule has 0 aliphatic heterocycles. The second-order valence-corrected chi connectivity index (χ2v) is 9.90. The van der Waals surface area contributed by atoms with Gasteiger partial charge in [0.25, 0.3) is 5.91 Å². The fourth-order valence-electron chi connectivity index (χ4n) is 3.92. The topological polar surface area (TPSA) is 75.7 Å². The van der Waals surface area contributed by atoms with Gasteiger partial charge in [-0.25, -0.2) is 8.42 Å². The van der Waals surface area contributed by atoms with Crippen molar-refractivity contribution in [3.63, 3.8) is 0 Å². The molecule has 1 saturated carbocycles. The molecule has 1 amide bonds. The van der Waals surface area contributed by atoms with Gasteiger partial charge in [-0.3, -0.25) is 4.79 Å². The molecular formula is C24H32N2O4S. The number of rotatable bonds is 8. The number of carbonyl (C=O) groups excluding carboxylic acids is 1. The third-order valence-corrected chi connectivity index (χ3v) is 7.75. The Hall–Kier alpha value is -2.38. The molecule has 3 rings (SSSR count). The monoisotopic (exact) mass is 444 g/mol. The molecule has 0 unspecified atom stereocenters. The van der Waals surface area contributed by atoms with Crippen LogP contribution in [0.25, 0.3) is 0 Å². The summed E-state index contributed by atoms with van der Waals surface area (Å²) in [6.45, 7) is 2.41. The molecule has 0 bridgehead atoms. The Morgan fingerprint density at radius 2 is 1.61 bits per heavy atom. The van der Waals surface area contributed by atoms with E-state index in [1.165, 1.54) is 30.0 Å². The van der Waals surface area contributed by atoms with Crippen molar-refractivity contribution in [1.82, 2.24) is 9.62 Å². The maximum atomic E-state index is 13.0. The number of nitrogens with one attached hydrogen (secondary N) is 1. The maximum Gasteiger partial charge on any atom is 0.251 e. The second kappa shape index (κ2) is 10.8. The highest BCUT2D eigenvalue weighted by Gasteiger charge is 2.23. The molecule has 6 nitrogen and oxygen atoms in total. The third kappa shape index (κ3) is 6.08. The van der Waals surface area contributed by atoms with E-state index in [1.807, 2.05) is 19.1 Å². The molecule has 1 aliphatic rings. The summed E-state index contributed by atoms with van der Waals surface area (Å²) in [6.07, 6.45) is 6.90. The molecule has 1 aliphatic carbocycles. The van der Waals surface area contributed by atoms with Gasteiger partial charge < -0.3 is 10.1 Å². The van der Waals surface area contributed by atoms with Crippen molar-refractivity contribution >= 4 is 15.9 Å². The second-order valence-electron chi connectivity index (χ2n) is 7.97. The summed E-state index contributed by atoms with van der Waals surface area (Å²) in [5.74, 6) is 0.552. The van der Waals surface area contributed by atoms with Gasteiger partial charge >= 0.3 is 0 Å². The molecule has 1 fully saturated rings. The minimum Gasteiger partial charge on any atom is -0.497 e. The number of nitrogens with zero attached hydrogens (tertiary/aromatic N) is 1. The summed E-state index contributed by atoms with van der Waals surface area (Å²) in [5.41, 5.74) is 1.44. The maximum absolute atomic E-state index is 13.0. The summed E-state index contributed by atoms with van der Waals surface area (Å²) in [5, 5.41) is 3.15. The number of hydrogen-bond acceptors (Lipinski definition) is 4. The lowest BCUT2D eigenvalue weighted by Crippen LogP contribution is -2.34. The summed E-state index contributed by atoms with van der Waals surface area (Å²) in [4.78, 5) is 12.8. The quantitative estimate of drug-likeness (QED) is 0.614. The summed E-state index contributed by atoms with van der Waals surface area (Å²) < 4.78 is 32.6. The molecule has 0 saturated heterocycles. The molecule has 2 aromatic rings. The first-order valence-electron chi connectivity index (χ1n) is 11.0. The smallest absolute Gasteiger partial charge is 0.251 e. The third-order valence-electron chi connectivity index (χ3n) is 5.82. The number of ether oxygens (including phenoxy) is 1. The highest BCUT2D eigenvalue weighted by atomic mass is 32.2. The highest BCUT2D eigenvalue weighted by Crippen LogP contribution is 2.22. The van der Waals surface area contributed by atoms with E-state index in [4.69, 9.17) is 4.74 Å². The number of sulfonamides is 1. The van der Waals surface area contributed by atoms with Crippen LogP contribution in [0.3, 0.4) is 0 Å². The number of amides is 1. The van der Waals surface area contributed by atoms with E-state index in [0.717, 1.165) is 18.4 Å². The van der Waals surface area contributed by atoms with Gasteiger partial charge in [0.05, 0.1) is 12.0 Å². The lowest BCUT2D eigenvalue weighted by molar-refractivity contribution is 0.0933. The first kappa shape index (κ1) is 23.3. The van der Waals surface area contributed by atoms with E-state index in [2.05, 4.69) is 5.32 Å². The van der Waals surface area contributed by atoms with Crippen LogP contribution >= 0.6 is 0 Å². The van der Waals surface area contributed by atoms with Crippen molar-refractivity contribution in [2.24, 2.45) is 0 Å². The van der Waals surface area contributed by atoms with Gasteiger partial charge in [0, 0.05) is 24.7 Å². The average molecular weight is 445 g/mol. The van der Waals surface area contributed by atoms with Crippen molar-refractivity contribution in [1.29, 1.82) is 0 Å². The molecular weight excluding hydrogens is 412 g/mol. The zero-order valence-corrected chi connectivity index (χ0v) is 19.2. The SMILES string of the molecule is CCN(Cc1ccc(C(=O)NC2CCCCCC2)cc1)S(=O)(=O)c1ccc(OC)cc1. The van der Waals surface area contributed by atoms with Crippen LogP contribution < -0.4 is 10.1 Å². The number of hydrogen-bond donors (Lipinski definition) is 1. The van der Waals surface area contributed by atoms with Crippen LogP contribution in [0.15, 0.2) is 53.4 Å². The van der Waals surface area contributed by atoms with Gasteiger partial charge in [0.1, 0.15) is 5.75 Å². The summed E-state index contributed by atoms with van der Waals surface area (Å²) in [6, 6.07) is 13.8. The Kier molecular flexibility index (Phi) is 8.09. The molecule has 0 heterocycles. The van der Waals surface area contributed by atoms with E-state index >= 15 is 0 Å². The molecule has 1 N–H and O–H groups in total. The predicted octanol–water partition coefficient (Wildman–Crippen LogP) is 4.36. The standard InChI is InChI=1S/C24H32N2O4S/c1-3-26(31(28,29)23-16-14-22(30-2)15-17-23)18-19-10-12-20(13-11-19)24(27)25-21-8-6-4-5-7-9-21/h10-17,21H,3-9,18H2,1-2H3,(H,25,27). The van der Waals surface area contributed by atoms with Crippen LogP contribution in [-0.2, 0) is 16.6 Å². The van der Waals surface area contributed by atoms with Crippen molar-refractivity contribution in [2.75, 3.05) is 13.7 Å². The minimum absolute atomic E-state index is 0.0587. The van der Waals surface area contributed by atoms with Crippen LogP contribution in [0.2, 0.25) is 0 Å². The zero-order valence-electron chi connectivity index (χ0n) is 18.3. The van der Waals surface area contributed by atoms with E-state index in [1.54, 1.807) is 43.5 Å². The Bertz CT molecular complexity index is 948. The van der Waals surface area contributed by atoms with Crippen LogP contribution in [-0.4, -0.2) is 38.3 Å². The molecule has 0 atom stereocenters. The normalized spacial score (nSPS) is 15.5. The molecule has 0 radical (unpaired) electrons. The molecule has 7 heteroatoms. The van der Waals surface area contributed by atoms with Crippen LogP contribution in [0, 0.1) is 0 Å².